The summed E-state index contributed by atoms with van der Waals surface area (Å²) in [5.74, 6) is 0.781. The number of fused-ring (bicyclic) bond motifs is 1. The van der Waals surface area contributed by atoms with Crippen molar-refractivity contribution in [3.63, 3.8) is 0 Å². The van der Waals surface area contributed by atoms with Gasteiger partial charge in [-0.25, -0.2) is 4.98 Å². The predicted octanol–water partition coefficient (Wildman–Crippen LogP) is 1.22. The van der Waals surface area contributed by atoms with E-state index in [-0.39, 0.29) is 5.78 Å². The lowest BCUT2D eigenvalue weighted by molar-refractivity contribution is 0.0994. The number of carbonyl (C=O) groups is 1. The zero-order valence-electron chi connectivity index (χ0n) is 6.83. The average Bonchev–Trinajstić information content (AvgIpc) is 2.47. The van der Waals surface area contributed by atoms with Crippen molar-refractivity contribution in [2.45, 2.75) is 12.8 Å². The van der Waals surface area contributed by atoms with E-state index >= 15 is 0 Å². The first-order valence-corrected chi connectivity index (χ1v) is 3.88. The largest absolute Gasteiger partial charge is 0.481 e. The van der Waals surface area contributed by atoms with Gasteiger partial charge in [0.15, 0.2) is 5.78 Å². The lowest BCUT2D eigenvalue weighted by atomic mass is 10.2. The number of hydrogen-bond donors (Lipinski definition) is 0. The maximum atomic E-state index is 11.2. The van der Waals surface area contributed by atoms with Gasteiger partial charge in [-0.15, -0.1) is 0 Å². The van der Waals surface area contributed by atoms with Gasteiger partial charge in [0.1, 0.15) is 0 Å². The quantitative estimate of drug-likeness (QED) is 0.624. The third-order valence-electron chi connectivity index (χ3n) is 2.05. The van der Waals surface area contributed by atoms with Crippen molar-refractivity contribution in [3.8, 4) is 5.88 Å². The van der Waals surface area contributed by atoms with Gasteiger partial charge in [0.05, 0.1) is 12.8 Å². The first kappa shape index (κ1) is 7.28. The van der Waals surface area contributed by atoms with Crippen LogP contribution in [0.5, 0.6) is 5.88 Å². The molecular formula is C9H9NO2. The van der Waals surface area contributed by atoms with Gasteiger partial charge < -0.3 is 4.74 Å². The van der Waals surface area contributed by atoms with E-state index in [1.54, 1.807) is 19.2 Å². The molecule has 0 aliphatic heterocycles. The van der Waals surface area contributed by atoms with Crippen LogP contribution in [0.2, 0.25) is 0 Å². The van der Waals surface area contributed by atoms with E-state index in [9.17, 15) is 4.79 Å². The number of methoxy groups -OCH3 is 1. The normalized spacial score (nSPS) is 14.6. The lowest BCUT2D eigenvalue weighted by Crippen LogP contribution is -1.95. The Balaban J connectivity index is 2.48. The predicted molar refractivity (Wildman–Crippen MR) is 43.4 cm³/mol. The standard InChI is InChI=1S/C9H9NO2/c1-12-9-5-2-6-7(10-9)3-4-8(6)11/h2,5H,3-4H2,1H3. The van der Waals surface area contributed by atoms with Crippen LogP contribution in [0.4, 0.5) is 0 Å². The average molecular weight is 163 g/mol. The highest BCUT2D eigenvalue weighted by Crippen LogP contribution is 2.22. The number of Topliss-reactive ketones (excluding diaryl/α,β-unsaturated/α-hetero) is 1. The second-order valence-corrected chi connectivity index (χ2v) is 2.77. The minimum Gasteiger partial charge on any atom is -0.481 e. The SMILES string of the molecule is COc1ccc2c(n1)CCC2=O. The molecule has 1 heterocycles. The molecule has 0 saturated carbocycles. The highest BCUT2D eigenvalue weighted by molar-refractivity contribution is 5.99. The Morgan fingerprint density at radius 2 is 2.25 bits per heavy atom. The fraction of sp³-hybridized carbons (Fsp3) is 0.333. The molecule has 1 aromatic rings. The summed E-state index contributed by atoms with van der Waals surface area (Å²) in [7, 11) is 1.57. The molecule has 1 aromatic heterocycles. The molecule has 1 aliphatic carbocycles. The van der Waals surface area contributed by atoms with Crippen LogP contribution in [-0.4, -0.2) is 17.9 Å². The number of aromatic nitrogens is 1. The fourth-order valence-corrected chi connectivity index (χ4v) is 1.41. The summed E-state index contributed by atoms with van der Waals surface area (Å²) in [6, 6.07) is 3.51. The van der Waals surface area contributed by atoms with E-state index in [2.05, 4.69) is 4.98 Å². The Morgan fingerprint density at radius 1 is 1.42 bits per heavy atom. The van der Waals surface area contributed by atoms with Crippen molar-refractivity contribution in [3.05, 3.63) is 23.4 Å². The number of aryl methyl sites for hydroxylation is 1. The molecule has 0 bridgehead atoms. The molecule has 0 unspecified atom stereocenters. The molecule has 0 saturated heterocycles. The molecule has 0 amide bonds. The van der Waals surface area contributed by atoms with Crippen molar-refractivity contribution in [2.24, 2.45) is 0 Å². The molecule has 2 rings (SSSR count). The number of carbonyl (C=O) groups excluding carboxylic acids is 1. The van der Waals surface area contributed by atoms with Crippen LogP contribution in [0.25, 0.3) is 0 Å². The van der Waals surface area contributed by atoms with Crippen molar-refractivity contribution in [2.75, 3.05) is 7.11 Å². The number of rotatable bonds is 1. The maximum Gasteiger partial charge on any atom is 0.213 e. The van der Waals surface area contributed by atoms with Gasteiger partial charge in [0.2, 0.25) is 5.88 Å². The van der Waals surface area contributed by atoms with Crippen LogP contribution in [0.3, 0.4) is 0 Å². The molecule has 3 nitrogen and oxygen atoms in total. The minimum atomic E-state index is 0.195. The van der Waals surface area contributed by atoms with E-state index in [0.717, 1.165) is 17.7 Å². The van der Waals surface area contributed by atoms with Crippen molar-refractivity contribution in [1.82, 2.24) is 4.98 Å². The Labute approximate surface area is 70.4 Å². The van der Waals surface area contributed by atoms with Gasteiger partial charge in [0, 0.05) is 18.1 Å². The molecule has 1 aliphatic rings. The zero-order chi connectivity index (χ0) is 8.55. The summed E-state index contributed by atoms with van der Waals surface area (Å²) in [5.41, 5.74) is 1.63. The summed E-state index contributed by atoms with van der Waals surface area (Å²) >= 11 is 0. The highest BCUT2D eigenvalue weighted by Gasteiger charge is 2.20. The van der Waals surface area contributed by atoms with Crippen LogP contribution in [-0.2, 0) is 6.42 Å². The molecule has 0 radical (unpaired) electrons. The van der Waals surface area contributed by atoms with Gasteiger partial charge >= 0.3 is 0 Å². The molecular weight excluding hydrogens is 154 g/mol. The zero-order valence-corrected chi connectivity index (χ0v) is 6.83. The summed E-state index contributed by atoms with van der Waals surface area (Å²) in [5, 5.41) is 0. The lowest BCUT2D eigenvalue weighted by Gasteiger charge is -2.00. The summed E-state index contributed by atoms with van der Waals surface area (Å²) < 4.78 is 4.95. The number of nitrogens with zero attached hydrogens (tertiary/aromatic N) is 1. The van der Waals surface area contributed by atoms with Gasteiger partial charge in [0.25, 0.3) is 0 Å². The Bertz CT molecular complexity index is 333. The van der Waals surface area contributed by atoms with E-state index < -0.39 is 0 Å². The summed E-state index contributed by atoms with van der Waals surface area (Å²) in [6.07, 6.45) is 1.35. The number of ketones is 1. The minimum absolute atomic E-state index is 0.195. The van der Waals surface area contributed by atoms with E-state index in [4.69, 9.17) is 4.74 Å². The van der Waals surface area contributed by atoms with E-state index in [1.165, 1.54) is 0 Å². The Kier molecular flexibility index (Phi) is 1.57. The number of pyridine rings is 1. The number of hydrogen-bond acceptors (Lipinski definition) is 3. The maximum absolute atomic E-state index is 11.2. The molecule has 0 spiro atoms. The molecule has 0 N–H and O–H groups in total. The molecule has 12 heavy (non-hydrogen) atoms. The van der Waals surface area contributed by atoms with Gasteiger partial charge in [-0.1, -0.05) is 0 Å². The van der Waals surface area contributed by atoms with Crippen molar-refractivity contribution >= 4 is 5.78 Å². The summed E-state index contributed by atoms with van der Waals surface area (Å²) in [6.45, 7) is 0. The summed E-state index contributed by atoms with van der Waals surface area (Å²) in [4.78, 5) is 15.4. The first-order chi connectivity index (χ1) is 5.81. The molecule has 62 valence electrons. The van der Waals surface area contributed by atoms with E-state index in [0.29, 0.717) is 12.3 Å². The second-order valence-electron chi connectivity index (χ2n) is 2.77. The Hall–Kier alpha value is -1.38. The van der Waals surface area contributed by atoms with Crippen molar-refractivity contribution < 1.29 is 9.53 Å². The fourth-order valence-electron chi connectivity index (χ4n) is 1.41. The van der Waals surface area contributed by atoms with Crippen LogP contribution in [0, 0.1) is 0 Å². The number of ether oxygens (including phenoxy) is 1. The molecule has 0 fully saturated rings. The third kappa shape index (κ3) is 0.978. The van der Waals surface area contributed by atoms with Crippen LogP contribution in [0.15, 0.2) is 12.1 Å². The van der Waals surface area contributed by atoms with Crippen LogP contribution < -0.4 is 4.74 Å². The third-order valence-corrected chi connectivity index (χ3v) is 2.05. The smallest absolute Gasteiger partial charge is 0.213 e. The Morgan fingerprint density at radius 3 is 3.00 bits per heavy atom. The van der Waals surface area contributed by atoms with Crippen molar-refractivity contribution in [1.29, 1.82) is 0 Å². The molecule has 0 atom stereocenters. The topological polar surface area (TPSA) is 39.2 Å². The molecule has 3 heteroatoms. The van der Waals surface area contributed by atoms with Gasteiger partial charge in [-0.05, 0) is 12.5 Å². The van der Waals surface area contributed by atoms with Crippen LogP contribution >= 0.6 is 0 Å². The highest BCUT2D eigenvalue weighted by atomic mass is 16.5. The van der Waals surface area contributed by atoms with E-state index in [1.807, 2.05) is 0 Å². The first-order valence-electron chi connectivity index (χ1n) is 3.88. The van der Waals surface area contributed by atoms with Crippen LogP contribution in [0.1, 0.15) is 22.5 Å². The monoisotopic (exact) mass is 163 g/mol. The molecule has 0 aromatic carbocycles. The second kappa shape index (κ2) is 2.59. The van der Waals surface area contributed by atoms with Gasteiger partial charge in [-0.3, -0.25) is 4.79 Å². The van der Waals surface area contributed by atoms with Gasteiger partial charge in [-0.2, -0.15) is 0 Å².